The van der Waals surface area contributed by atoms with E-state index in [2.05, 4.69) is 0 Å². The van der Waals surface area contributed by atoms with Crippen LogP contribution in [0.5, 0.6) is 17.2 Å². The van der Waals surface area contributed by atoms with Gasteiger partial charge in [0.05, 0.1) is 11.1 Å². The predicted octanol–water partition coefficient (Wildman–Crippen LogP) is 0.670. The number of aliphatic hydroxyl groups excluding tert-OH is 1. The van der Waals surface area contributed by atoms with E-state index >= 15 is 0 Å². The highest BCUT2D eigenvalue weighted by Gasteiger charge is 2.36. The van der Waals surface area contributed by atoms with Crippen LogP contribution in [0.25, 0.3) is 5.76 Å². The van der Waals surface area contributed by atoms with Crippen molar-refractivity contribution < 1.29 is 34.8 Å². The zero-order chi connectivity index (χ0) is 14.5. The van der Waals surface area contributed by atoms with Crippen LogP contribution in [0.15, 0.2) is 6.08 Å². The lowest BCUT2D eigenvalue weighted by molar-refractivity contribution is -0.111. The number of rotatable bonds is 1. The molecule has 1 aromatic rings. The average molecular weight is 264 g/mol. The summed E-state index contributed by atoms with van der Waals surface area (Å²) in [4.78, 5) is 34.1. The molecule has 1 aliphatic rings. The van der Waals surface area contributed by atoms with Gasteiger partial charge >= 0.3 is 0 Å². The monoisotopic (exact) mass is 264 g/mol. The number of hydrogen-bond donors (Lipinski definition) is 4. The number of aromatic hydroxyl groups is 3. The smallest absolute Gasteiger partial charge is 0.237 e. The minimum absolute atomic E-state index is 0.551. The molecule has 98 valence electrons. The topological polar surface area (TPSA) is 132 Å². The summed E-state index contributed by atoms with van der Waals surface area (Å²) in [6, 6.07) is 0. The van der Waals surface area contributed by atoms with E-state index in [0.717, 1.165) is 6.92 Å². The first-order valence-corrected chi connectivity index (χ1v) is 5.08. The maximum Gasteiger partial charge on any atom is 0.237 e. The van der Waals surface area contributed by atoms with E-state index in [0.29, 0.717) is 6.08 Å². The van der Waals surface area contributed by atoms with E-state index in [9.17, 15) is 34.8 Å². The molecule has 0 bridgehead atoms. The van der Waals surface area contributed by atoms with Crippen molar-refractivity contribution in [2.75, 3.05) is 0 Å². The Kier molecular flexibility index (Phi) is 2.55. The summed E-state index contributed by atoms with van der Waals surface area (Å²) in [7, 11) is 0. The summed E-state index contributed by atoms with van der Waals surface area (Å²) in [5.74, 6) is -6.79. The maximum atomic E-state index is 11.6. The molecule has 19 heavy (non-hydrogen) atoms. The van der Waals surface area contributed by atoms with Gasteiger partial charge in [0.15, 0.2) is 17.3 Å². The molecule has 0 amide bonds. The number of carbonyl (C=O) groups is 3. The van der Waals surface area contributed by atoms with Crippen LogP contribution in [0.4, 0.5) is 0 Å². The molecule has 1 aliphatic carbocycles. The second-order valence-corrected chi connectivity index (χ2v) is 3.95. The van der Waals surface area contributed by atoms with Crippen LogP contribution < -0.4 is 0 Å². The maximum absolute atomic E-state index is 11.6. The summed E-state index contributed by atoms with van der Waals surface area (Å²) >= 11 is 0. The number of hydrogen-bond acceptors (Lipinski definition) is 7. The molecule has 0 heterocycles. The number of Topliss-reactive ketones (excluding diaryl/α,β-unsaturated/α-hetero) is 2. The number of carbonyl (C=O) groups excluding carboxylic acids is 3. The van der Waals surface area contributed by atoms with Crippen LogP contribution in [-0.2, 0) is 4.79 Å². The van der Waals surface area contributed by atoms with Crippen LogP contribution in [0.2, 0.25) is 0 Å². The Morgan fingerprint density at radius 1 is 0.947 bits per heavy atom. The molecule has 7 nitrogen and oxygen atoms in total. The Balaban J connectivity index is 2.99. The largest absolute Gasteiger partial charge is 0.507 e. The van der Waals surface area contributed by atoms with Gasteiger partial charge < -0.3 is 20.4 Å². The number of benzene rings is 1. The summed E-state index contributed by atoms with van der Waals surface area (Å²) in [5.41, 5.74) is -1.92. The summed E-state index contributed by atoms with van der Waals surface area (Å²) in [6.45, 7) is 1.01. The van der Waals surface area contributed by atoms with Crippen molar-refractivity contribution in [3.63, 3.8) is 0 Å². The third-order valence-corrected chi connectivity index (χ3v) is 2.75. The average Bonchev–Trinajstić information content (AvgIpc) is 2.30. The molecule has 0 radical (unpaired) electrons. The quantitative estimate of drug-likeness (QED) is 0.253. The Hall–Kier alpha value is -2.83. The van der Waals surface area contributed by atoms with Gasteiger partial charge in [-0.05, 0) is 6.92 Å². The Morgan fingerprint density at radius 2 is 1.53 bits per heavy atom. The third-order valence-electron chi connectivity index (χ3n) is 2.75. The Labute approximate surface area is 106 Å². The first-order valence-electron chi connectivity index (χ1n) is 5.08. The van der Waals surface area contributed by atoms with E-state index in [-0.39, 0.29) is 0 Å². The van der Waals surface area contributed by atoms with E-state index in [1.165, 1.54) is 0 Å². The lowest BCUT2D eigenvalue weighted by Crippen LogP contribution is -2.20. The number of allylic oxidation sites excluding steroid dienone is 1. The minimum Gasteiger partial charge on any atom is -0.507 e. The van der Waals surface area contributed by atoms with Gasteiger partial charge in [0.25, 0.3) is 0 Å². The molecule has 2 rings (SSSR count). The first-order chi connectivity index (χ1) is 8.77. The van der Waals surface area contributed by atoms with Crippen LogP contribution in [-0.4, -0.2) is 37.8 Å². The number of aliphatic hydroxyl groups is 1. The standard InChI is InChI=1S/C12H8O7/c1-3(13)6-10(17)7-4(14)2-5(15)9(16)8(7)12(19)11(6)18/h2,14,17-19H,1H3. The van der Waals surface area contributed by atoms with Gasteiger partial charge in [0, 0.05) is 6.08 Å². The molecule has 0 fully saturated rings. The lowest BCUT2D eigenvalue weighted by Gasteiger charge is -2.18. The second-order valence-electron chi connectivity index (χ2n) is 3.95. The van der Waals surface area contributed by atoms with E-state index in [1.54, 1.807) is 0 Å². The zero-order valence-electron chi connectivity index (χ0n) is 9.59. The highest BCUT2D eigenvalue weighted by molar-refractivity contribution is 6.51. The molecule has 0 aliphatic heterocycles. The van der Waals surface area contributed by atoms with Crippen molar-refractivity contribution in [1.29, 1.82) is 0 Å². The van der Waals surface area contributed by atoms with Crippen LogP contribution in [0, 0.1) is 0 Å². The van der Waals surface area contributed by atoms with Crippen molar-refractivity contribution >= 4 is 23.1 Å². The molecule has 1 aromatic carbocycles. The van der Waals surface area contributed by atoms with Crippen molar-refractivity contribution in [2.45, 2.75) is 6.92 Å². The van der Waals surface area contributed by atoms with Crippen molar-refractivity contribution in [3.05, 3.63) is 22.8 Å². The molecule has 4 N–H and O–H groups in total. The van der Waals surface area contributed by atoms with Crippen LogP contribution in [0.1, 0.15) is 33.2 Å². The lowest BCUT2D eigenvalue weighted by atomic mass is 9.89. The molecular weight excluding hydrogens is 256 g/mol. The molecular formula is C12H8O7. The summed E-state index contributed by atoms with van der Waals surface area (Å²) in [6.07, 6.45) is 0.560. The minimum atomic E-state index is -1.20. The van der Waals surface area contributed by atoms with E-state index < -0.39 is 57.0 Å². The van der Waals surface area contributed by atoms with E-state index in [1.807, 2.05) is 0 Å². The summed E-state index contributed by atoms with van der Waals surface area (Å²) in [5, 5.41) is 38.7. The normalized spacial score (nSPS) is 14.1. The van der Waals surface area contributed by atoms with Crippen molar-refractivity contribution in [3.8, 4) is 17.2 Å². The number of fused-ring (bicyclic) bond motifs is 1. The molecule has 0 unspecified atom stereocenters. The van der Waals surface area contributed by atoms with Gasteiger partial charge in [-0.25, -0.2) is 0 Å². The molecule has 0 spiro atoms. The van der Waals surface area contributed by atoms with Gasteiger partial charge in [0.2, 0.25) is 11.6 Å². The fourth-order valence-electron chi connectivity index (χ4n) is 1.90. The fraction of sp³-hybridized carbons (Fsp3) is 0.0833. The fourth-order valence-corrected chi connectivity index (χ4v) is 1.90. The highest BCUT2D eigenvalue weighted by atomic mass is 16.3. The Bertz CT molecular complexity index is 682. The van der Waals surface area contributed by atoms with Gasteiger partial charge in [-0.15, -0.1) is 0 Å². The second kappa shape index (κ2) is 3.84. The predicted molar refractivity (Wildman–Crippen MR) is 61.4 cm³/mol. The van der Waals surface area contributed by atoms with Crippen molar-refractivity contribution in [2.24, 2.45) is 0 Å². The third kappa shape index (κ3) is 1.55. The molecule has 0 saturated carbocycles. The van der Waals surface area contributed by atoms with Gasteiger partial charge in [-0.3, -0.25) is 14.4 Å². The molecule has 0 aromatic heterocycles. The van der Waals surface area contributed by atoms with E-state index in [4.69, 9.17) is 0 Å². The van der Waals surface area contributed by atoms with Gasteiger partial charge in [-0.2, -0.15) is 0 Å². The zero-order valence-corrected chi connectivity index (χ0v) is 9.59. The highest BCUT2D eigenvalue weighted by Crippen LogP contribution is 2.46. The number of phenols is 3. The Morgan fingerprint density at radius 3 is 2.05 bits per heavy atom. The summed E-state index contributed by atoms with van der Waals surface area (Å²) < 4.78 is 0. The van der Waals surface area contributed by atoms with Crippen molar-refractivity contribution in [1.82, 2.24) is 0 Å². The molecule has 7 heteroatoms. The van der Waals surface area contributed by atoms with Crippen LogP contribution >= 0.6 is 0 Å². The van der Waals surface area contributed by atoms with Gasteiger partial charge in [-0.1, -0.05) is 0 Å². The SMILES string of the molecule is CC(=O)c1c(O)c(O)c2c(c1O)C(O)=CC(=O)C2=O. The van der Waals surface area contributed by atoms with Gasteiger partial charge in [0.1, 0.15) is 17.1 Å². The molecule has 0 saturated heterocycles. The number of ketones is 3. The number of phenolic OH excluding ortho intramolecular Hbond substituents is 3. The van der Waals surface area contributed by atoms with Crippen LogP contribution in [0.3, 0.4) is 0 Å². The first kappa shape index (κ1) is 12.6. The molecule has 0 atom stereocenters.